The zero-order valence-corrected chi connectivity index (χ0v) is 8.92. The van der Waals surface area contributed by atoms with Gasteiger partial charge < -0.3 is 9.93 Å². The van der Waals surface area contributed by atoms with Crippen molar-refractivity contribution in [1.82, 2.24) is 5.16 Å². The van der Waals surface area contributed by atoms with Gasteiger partial charge in [0.05, 0.1) is 5.69 Å². The average molecular weight is 192 g/mol. The zero-order chi connectivity index (χ0) is 10.6. The monoisotopic (exact) mass is 192 g/mol. The van der Waals surface area contributed by atoms with E-state index in [-0.39, 0.29) is 0 Å². The topological polar surface area (TPSA) is 49.9 Å². The van der Waals surface area contributed by atoms with Gasteiger partial charge in [0.25, 0.3) is 0 Å². The Bertz CT molecular complexity index is 350. The normalized spacial score (nSPS) is 11.8. The molecule has 0 radical (unpaired) electrons. The summed E-state index contributed by atoms with van der Waals surface area (Å²) in [4.78, 5) is 0. The summed E-state index contributed by atoms with van der Waals surface area (Å²) in [5.41, 5.74) is 2.68. The summed E-state index contributed by atoms with van der Waals surface area (Å²) >= 11 is 0. The van der Waals surface area contributed by atoms with Crippen molar-refractivity contribution >= 4 is 11.3 Å². The Balaban J connectivity index is 2.81. The molecule has 0 fully saturated rings. The highest BCUT2D eigenvalue weighted by molar-refractivity contribution is 5.81. The minimum atomic E-state index is 0.659. The number of nitrogens with one attached hydrogen (secondary N) is 1. The summed E-state index contributed by atoms with van der Waals surface area (Å²) in [5, 5.41) is 11.2. The molecule has 0 bridgehead atoms. The Labute approximate surface area is 84.3 Å². The SMILES string of the molecule is CC/C(=C\CC(C)=N)c1cc(C)no1. The van der Waals surface area contributed by atoms with Crippen LogP contribution in [0, 0.1) is 12.3 Å². The molecule has 3 heteroatoms. The fourth-order valence-electron chi connectivity index (χ4n) is 1.21. The Morgan fingerprint density at radius 1 is 1.64 bits per heavy atom. The van der Waals surface area contributed by atoms with E-state index in [1.807, 2.05) is 19.1 Å². The molecule has 0 aromatic carbocycles. The van der Waals surface area contributed by atoms with Crippen LogP contribution in [0.15, 0.2) is 16.7 Å². The highest BCUT2D eigenvalue weighted by Crippen LogP contribution is 2.19. The molecule has 1 aromatic heterocycles. The van der Waals surface area contributed by atoms with Crippen molar-refractivity contribution < 1.29 is 4.52 Å². The first-order valence-electron chi connectivity index (χ1n) is 4.80. The van der Waals surface area contributed by atoms with Crippen molar-refractivity contribution in [2.24, 2.45) is 0 Å². The van der Waals surface area contributed by atoms with Gasteiger partial charge >= 0.3 is 0 Å². The molecule has 0 atom stereocenters. The van der Waals surface area contributed by atoms with Crippen LogP contribution in [0.25, 0.3) is 5.57 Å². The maximum atomic E-state index is 7.34. The third-order valence-electron chi connectivity index (χ3n) is 1.98. The van der Waals surface area contributed by atoms with Crippen molar-refractivity contribution in [3.63, 3.8) is 0 Å². The van der Waals surface area contributed by atoms with E-state index in [0.29, 0.717) is 12.1 Å². The van der Waals surface area contributed by atoms with Crippen molar-refractivity contribution in [1.29, 1.82) is 5.41 Å². The van der Waals surface area contributed by atoms with Gasteiger partial charge in [-0.2, -0.15) is 0 Å². The van der Waals surface area contributed by atoms with Crippen LogP contribution in [0.2, 0.25) is 0 Å². The van der Waals surface area contributed by atoms with Crippen LogP contribution < -0.4 is 0 Å². The molecule has 1 aromatic rings. The Kier molecular flexibility index (Phi) is 3.63. The lowest BCUT2D eigenvalue weighted by molar-refractivity contribution is 0.404. The number of nitrogens with zero attached hydrogens (tertiary/aromatic N) is 1. The molecular weight excluding hydrogens is 176 g/mol. The Morgan fingerprint density at radius 3 is 2.79 bits per heavy atom. The summed E-state index contributed by atoms with van der Waals surface area (Å²) in [6, 6.07) is 1.93. The number of hydrogen-bond donors (Lipinski definition) is 1. The van der Waals surface area contributed by atoms with E-state index in [2.05, 4.69) is 12.1 Å². The number of aryl methyl sites for hydroxylation is 1. The molecule has 0 amide bonds. The summed E-state index contributed by atoms with van der Waals surface area (Å²) < 4.78 is 5.16. The van der Waals surface area contributed by atoms with Gasteiger partial charge in [-0.05, 0) is 25.8 Å². The quantitative estimate of drug-likeness (QED) is 0.745. The van der Waals surface area contributed by atoms with E-state index in [4.69, 9.17) is 9.93 Å². The van der Waals surface area contributed by atoms with Gasteiger partial charge in [-0.25, -0.2) is 0 Å². The van der Waals surface area contributed by atoms with Crippen LogP contribution in [-0.4, -0.2) is 10.9 Å². The van der Waals surface area contributed by atoms with Crippen LogP contribution >= 0.6 is 0 Å². The summed E-state index contributed by atoms with van der Waals surface area (Å²) in [5.74, 6) is 0.825. The maximum absolute atomic E-state index is 7.34. The minimum Gasteiger partial charge on any atom is -0.356 e. The largest absolute Gasteiger partial charge is 0.356 e. The van der Waals surface area contributed by atoms with Gasteiger partial charge in [0.1, 0.15) is 0 Å². The summed E-state index contributed by atoms with van der Waals surface area (Å²) in [6.07, 6.45) is 3.62. The Morgan fingerprint density at radius 2 is 2.36 bits per heavy atom. The second-order valence-electron chi connectivity index (χ2n) is 3.40. The van der Waals surface area contributed by atoms with E-state index in [1.54, 1.807) is 6.92 Å². The highest BCUT2D eigenvalue weighted by atomic mass is 16.5. The molecule has 14 heavy (non-hydrogen) atoms. The molecule has 0 spiro atoms. The summed E-state index contributed by atoms with van der Waals surface area (Å²) in [6.45, 7) is 5.78. The molecule has 1 heterocycles. The highest BCUT2D eigenvalue weighted by Gasteiger charge is 2.04. The molecule has 0 saturated carbocycles. The number of allylic oxidation sites excluding steroid dienone is 2. The van der Waals surface area contributed by atoms with Crippen LogP contribution in [-0.2, 0) is 0 Å². The first-order chi connectivity index (χ1) is 6.63. The molecule has 0 aliphatic heterocycles. The van der Waals surface area contributed by atoms with E-state index in [9.17, 15) is 0 Å². The van der Waals surface area contributed by atoms with Crippen molar-refractivity contribution in [2.45, 2.75) is 33.6 Å². The number of aromatic nitrogens is 1. The zero-order valence-electron chi connectivity index (χ0n) is 8.92. The van der Waals surface area contributed by atoms with E-state index < -0.39 is 0 Å². The average Bonchev–Trinajstić information content (AvgIpc) is 2.53. The first-order valence-corrected chi connectivity index (χ1v) is 4.80. The molecule has 0 saturated heterocycles. The second-order valence-corrected chi connectivity index (χ2v) is 3.40. The molecule has 1 N–H and O–H groups in total. The van der Waals surface area contributed by atoms with Gasteiger partial charge in [-0.1, -0.05) is 18.2 Å². The van der Waals surface area contributed by atoms with Crippen LogP contribution in [0.5, 0.6) is 0 Å². The lowest BCUT2D eigenvalue weighted by Gasteiger charge is -1.98. The number of rotatable bonds is 4. The lowest BCUT2D eigenvalue weighted by Crippen LogP contribution is -1.86. The van der Waals surface area contributed by atoms with Crippen LogP contribution in [0.1, 0.15) is 38.1 Å². The second kappa shape index (κ2) is 4.74. The third kappa shape index (κ3) is 2.83. The predicted octanol–water partition coefficient (Wildman–Crippen LogP) is 3.21. The fraction of sp³-hybridized carbons (Fsp3) is 0.455. The van der Waals surface area contributed by atoms with Gasteiger partial charge in [-0.15, -0.1) is 0 Å². The third-order valence-corrected chi connectivity index (χ3v) is 1.98. The lowest BCUT2D eigenvalue weighted by atomic mass is 10.1. The number of hydrogen-bond acceptors (Lipinski definition) is 3. The van der Waals surface area contributed by atoms with Gasteiger partial charge in [0.2, 0.25) is 0 Å². The molecule has 0 aliphatic carbocycles. The Hall–Kier alpha value is -1.38. The van der Waals surface area contributed by atoms with Crippen LogP contribution in [0.4, 0.5) is 0 Å². The molecule has 1 rings (SSSR count). The van der Waals surface area contributed by atoms with Gasteiger partial charge in [0, 0.05) is 18.2 Å². The molecular formula is C11H16N2O. The maximum Gasteiger partial charge on any atom is 0.162 e. The molecule has 0 unspecified atom stereocenters. The van der Waals surface area contributed by atoms with Crippen molar-refractivity contribution in [3.05, 3.63) is 23.6 Å². The van der Waals surface area contributed by atoms with E-state index in [0.717, 1.165) is 23.4 Å². The smallest absolute Gasteiger partial charge is 0.162 e. The van der Waals surface area contributed by atoms with Gasteiger partial charge in [-0.3, -0.25) is 0 Å². The predicted molar refractivity (Wildman–Crippen MR) is 57.5 cm³/mol. The minimum absolute atomic E-state index is 0.659. The molecule has 3 nitrogen and oxygen atoms in total. The van der Waals surface area contributed by atoms with Gasteiger partial charge in [0.15, 0.2) is 5.76 Å². The molecule has 76 valence electrons. The molecule has 0 aliphatic rings. The van der Waals surface area contributed by atoms with Crippen molar-refractivity contribution in [3.8, 4) is 0 Å². The van der Waals surface area contributed by atoms with Crippen molar-refractivity contribution in [2.75, 3.05) is 0 Å². The summed E-state index contributed by atoms with van der Waals surface area (Å²) in [7, 11) is 0. The standard InChI is InChI=1S/C11H16N2O/c1-4-10(6-5-8(2)12)11-7-9(3)13-14-11/h6-7,12H,4-5H2,1-3H3/b10-6+,12-8?. The fourth-order valence-corrected chi connectivity index (χ4v) is 1.21. The van der Waals surface area contributed by atoms with E-state index >= 15 is 0 Å². The first kappa shape index (κ1) is 10.7. The van der Waals surface area contributed by atoms with Crippen LogP contribution in [0.3, 0.4) is 0 Å². The van der Waals surface area contributed by atoms with E-state index in [1.165, 1.54) is 0 Å².